The van der Waals surface area contributed by atoms with E-state index in [0.717, 1.165) is 0 Å². The van der Waals surface area contributed by atoms with Crippen LogP contribution in [0.25, 0.3) is 0 Å². The van der Waals surface area contributed by atoms with E-state index in [1.54, 1.807) is 18.2 Å². The molecule has 0 bridgehead atoms. The van der Waals surface area contributed by atoms with Crippen LogP contribution in [0.15, 0.2) is 18.2 Å². The molecular formula is C11H16N2O3. The van der Waals surface area contributed by atoms with Gasteiger partial charge in [-0.25, -0.2) is 0 Å². The Morgan fingerprint density at radius 3 is 2.75 bits per heavy atom. The van der Waals surface area contributed by atoms with Crippen LogP contribution in [0.2, 0.25) is 0 Å². The van der Waals surface area contributed by atoms with E-state index < -0.39 is 5.91 Å². The van der Waals surface area contributed by atoms with Gasteiger partial charge in [0, 0.05) is 6.61 Å². The van der Waals surface area contributed by atoms with Crippen molar-refractivity contribution < 1.29 is 14.6 Å². The summed E-state index contributed by atoms with van der Waals surface area (Å²) in [6, 6.07) is 4.86. The number of hydrogen-bond donors (Lipinski definition) is 3. The van der Waals surface area contributed by atoms with Gasteiger partial charge in [0.15, 0.2) is 5.75 Å². The molecule has 1 aromatic carbocycles. The van der Waals surface area contributed by atoms with Gasteiger partial charge in [-0.15, -0.1) is 0 Å². The van der Waals surface area contributed by atoms with Crippen LogP contribution in [-0.4, -0.2) is 24.2 Å². The summed E-state index contributed by atoms with van der Waals surface area (Å²) in [6.45, 7) is 0.519. The predicted octanol–water partition coefficient (Wildman–Crippen LogP) is 0.519. The van der Waals surface area contributed by atoms with Crippen LogP contribution in [0.5, 0.6) is 5.75 Å². The zero-order chi connectivity index (χ0) is 12.0. The second-order valence-corrected chi connectivity index (χ2v) is 3.37. The number of aliphatic hydroxyl groups is 1. The Hall–Kier alpha value is -1.75. The number of benzene rings is 1. The lowest BCUT2D eigenvalue weighted by Gasteiger charge is -2.11. The third-order valence-electron chi connectivity index (χ3n) is 2.11. The number of carbonyl (C=O) groups excluding carboxylic acids is 1. The Morgan fingerprint density at radius 1 is 1.38 bits per heavy atom. The normalized spacial score (nSPS) is 10.1. The van der Waals surface area contributed by atoms with E-state index in [2.05, 4.69) is 0 Å². The summed E-state index contributed by atoms with van der Waals surface area (Å²) >= 11 is 0. The maximum absolute atomic E-state index is 11.1. The summed E-state index contributed by atoms with van der Waals surface area (Å²) in [6.07, 6.45) is 1.35. The van der Waals surface area contributed by atoms with Gasteiger partial charge in [-0.3, -0.25) is 4.79 Å². The summed E-state index contributed by atoms with van der Waals surface area (Å²) in [5.74, 6) is -0.239. The van der Waals surface area contributed by atoms with E-state index in [1.165, 1.54) is 0 Å². The number of amides is 1. The molecule has 0 unspecified atom stereocenters. The zero-order valence-electron chi connectivity index (χ0n) is 8.98. The van der Waals surface area contributed by atoms with Crippen molar-refractivity contribution in [2.45, 2.75) is 12.8 Å². The molecule has 5 heteroatoms. The van der Waals surface area contributed by atoms with Gasteiger partial charge in [-0.2, -0.15) is 0 Å². The van der Waals surface area contributed by atoms with E-state index in [1.807, 2.05) is 0 Å². The molecule has 0 heterocycles. The number of unbranched alkanes of at least 4 members (excludes halogenated alkanes) is 1. The van der Waals surface area contributed by atoms with Gasteiger partial charge in [0.1, 0.15) is 0 Å². The Kier molecular flexibility index (Phi) is 4.60. The highest BCUT2D eigenvalue weighted by atomic mass is 16.5. The molecule has 1 amide bonds. The Labute approximate surface area is 94.0 Å². The van der Waals surface area contributed by atoms with E-state index in [9.17, 15) is 4.79 Å². The number of primary amides is 1. The second-order valence-electron chi connectivity index (χ2n) is 3.37. The number of ether oxygens (including phenoxy) is 1. The van der Waals surface area contributed by atoms with Crippen molar-refractivity contribution in [3.05, 3.63) is 23.8 Å². The quantitative estimate of drug-likeness (QED) is 0.484. The van der Waals surface area contributed by atoms with E-state index >= 15 is 0 Å². The number of carbonyl (C=O) groups is 1. The highest BCUT2D eigenvalue weighted by molar-refractivity contribution is 5.97. The number of nitrogen functional groups attached to an aromatic ring is 1. The van der Waals surface area contributed by atoms with Gasteiger partial charge in [0.05, 0.1) is 17.9 Å². The molecule has 5 N–H and O–H groups in total. The summed E-state index contributed by atoms with van der Waals surface area (Å²) in [5.41, 5.74) is 11.6. The molecule has 0 aliphatic heterocycles. The fraction of sp³-hybridized carbons (Fsp3) is 0.364. The Morgan fingerprint density at radius 2 is 2.12 bits per heavy atom. The first-order valence-corrected chi connectivity index (χ1v) is 5.08. The van der Waals surface area contributed by atoms with Crippen molar-refractivity contribution in [2.75, 3.05) is 18.9 Å². The van der Waals surface area contributed by atoms with Crippen LogP contribution in [-0.2, 0) is 0 Å². The molecule has 0 fully saturated rings. The molecule has 0 aromatic heterocycles. The van der Waals surface area contributed by atoms with Gasteiger partial charge in [-0.1, -0.05) is 6.07 Å². The highest BCUT2D eigenvalue weighted by Gasteiger charge is 2.11. The fourth-order valence-corrected chi connectivity index (χ4v) is 1.30. The monoisotopic (exact) mass is 224 g/mol. The first-order chi connectivity index (χ1) is 7.66. The van der Waals surface area contributed by atoms with Gasteiger partial charge in [0.2, 0.25) is 0 Å². The number of nitrogens with two attached hydrogens (primary N) is 2. The van der Waals surface area contributed by atoms with Crippen molar-refractivity contribution in [2.24, 2.45) is 5.73 Å². The van der Waals surface area contributed by atoms with Crippen LogP contribution >= 0.6 is 0 Å². The molecule has 5 nitrogen and oxygen atoms in total. The van der Waals surface area contributed by atoms with Gasteiger partial charge < -0.3 is 21.3 Å². The number of hydrogen-bond acceptors (Lipinski definition) is 4. The SMILES string of the molecule is NC(=O)c1cccc(N)c1OCCCCO. The molecule has 0 saturated heterocycles. The zero-order valence-corrected chi connectivity index (χ0v) is 8.98. The Balaban J connectivity index is 2.73. The molecule has 1 rings (SSSR count). The third-order valence-corrected chi connectivity index (χ3v) is 2.11. The van der Waals surface area contributed by atoms with Crippen LogP contribution < -0.4 is 16.2 Å². The molecule has 0 aliphatic rings. The summed E-state index contributed by atoms with van der Waals surface area (Å²) < 4.78 is 5.39. The minimum Gasteiger partial charge on any atom is -0.491 e. The summed E-state index contributed by atoms with van der Waals surface area (Å²) in [4.78, 5) is 11.1. The third kappa shape index (κ3) is 3.13. The molecular weight excluding hydrogens is 208 g/mol. The largest absolute Gasteiger partial charge is 0.491 e. The van der Waals surface area contributed by atoms with Gasteiger partial charge >= 0.3 is 0 Å². The molecule has 0 aliphatic carbocycles. The maximum Gasteiger partial charge on any atom is 0.252 e. The highest BCUT2D eigenvalue weighted by Crippen LogP contribution is 2.26. The van der Waals surface area contributed by atoms with Crippen molar-refractivity contribution in [3.63, 3.8) is 0 Å². The number of rotatable bonds is 6. The van der Waals surface area contributed by atoms with Crippen LogP contribution in [0.1, 0.15) is 23.2 Å². The average molecular weight is 224 g/mol. The molecule has 16 heavy (non-hydrogen) atoms. The Bertz CT molecular complexity index is 366. The average Bonchev–Trinajstić information content (AvgIpc) is 2.25. The minimum absolute atomic E-state index is 0.121. The molecule has 88 valence electrons. The second kappa shape index (κ2) is 5.97. The van der Waals surface area contributed by atoms with Crippen LogP contribution in [0.4, 0.5) is 5.69 Å². The fourth-order valence-electron chi connectivity index (χ4n) is 1.30. The van der Waals surface area contributed by atoms with Gasteiger partial charge in [-0.05, 0) is 25.0 Å². The molecule has 1 aromatic rings. The standard InChI is InChI=1S/C11H16N2O3/c12-9-5-3-4-8(11(13)15)10(9)16-7-2-1-6-14/h3-5,14H,1-2,6-7,12H2,(H2,13,15). The first kappa shape index (κ1) is 12.3. The lowest BCUT2D eigenvalue weighted by molar-refractivity contribution is 0.0996. The van der Waals surface area contributed by atoms with E-state index in [4.69, 9.17) is 21.3 Å². The van der Waals surface area contributed by atoms with Crippen molar-refractivity contribution in [3.8, 4) is 5.75 Å². The minimum atomic E-state index is -0.565. The van der Waals surface area contributed by atoms with Crippen molar-refractivity contribution >= 4 is 11.6 Å². The topological polar surface area (TPSA) is 98.6 Å². The number of aliphatic hydroxyl groups excluding tert-OH is 1. The summed E-state index contributed by atoms with van der Waals surface area (Å²) in [5, 5.41) is 8.61. The van der Waals surface area contributed by atoms with Crippen LogP contribution in [0.3, 0.4) is 0 Å². The van der Waals surface area contributed by atoms with E-state index in [0.29, 0.717) is 30.9 Å². The van der Waals surface area contributed by atoms with Crippen molar-refractivity contribution in [1.82, 2.24) is 0 Å². The first-order valence-electron chi connectivity index (χ1n) is 5.08. The van der Waals surface area contributed by atoms with Gasteiger partial charge in [0.25, 0.3) is 5.91 Å². The number of para-hydroxylation sites is 1. The predicted molar refractivity (Wildman–Crippen MR) is 61.2 cm³/mol. The summed E-state index contributed by atoms with van der Waals surface area (Å²) in [7, 11) is 0. The molecule has 0 radical (unpaired) electrons. The smallest absolute Gasteiger partial charge is 0.252 e. The van der Waals surface area contributed by atoms with E-state index in [-0.39, 0.29) is 12.2 Å². The maximum atomic E-state index is 11.1. The number of anilines is 1. The molecule has 0 spiro atoms. The molecule has 0 atom stereocenters. The van der Waals surface area contributed by atoms with Crippen LogP contribution in [0, 0.1) is 0 Å². The molecule has 0 saturated carbocycles. The van der Waals surface area contributed by atoms with Crippen molar-refractivity contribution in [1.29, 1.82) is 0 Å². The lowest BCUT2D eigenvalue weighted by atomic mass is 10.1. The lowest BCUT2D eigenvalue weighted by Crippen LogP contribution is -2.14.